The molecule has 2 fully saturated rings. The summed E-state index contributed by atoms with van der Waals surface area (Å²) in [5, 5.41) is 3.88. The largest absolute Gasteiger partial charge is 0.376 e. The van der Waals surface area contributed by atoms with E-state index in [9.17, 15) is 4.39 Å². The van der Waals surface area contributed by atoms with E-state index in [2.05, 4.69) is 27.1 Å². The molecule has 0 saturated carbocycles. The second-order valence-corrected chi connectivity index (χ2v) is 8.06. The first-order valence-corrected chi connectivity index (χ1v) is 10.6. The van der Waals surface area contributed by atoms with E-state index in [-0.39, 0.29) is 24.0 Å². The first kappa shape index (κ1) is 19.2. The minimum absolute atomic E-state index is 0.198. The number of rotatable bonds is 5. The molecule has 30 heavy (non-hydrogen) atoms. The molecule has 0 radical (unpaired) electrons. The van der Waals surface area contributed by atoms with Gasteiger partial charge in [0.1, 0.15) is 11.9 Å². The van der Waals surface area contributed by atoms with Crippen molar-refractivity contribution in [3.63, 3.8) is 0 Å². The van der Waals surface area contributed by atoms with Crippen LogP contribution in [0.25, 0.3) is 0 Å². The number of hydrogen-bond donors (Lipinski definition) is 1. The van der Waals surface area contributed by atoms with Gasteiger partial charge in [0.25, 0.3) is 0 Å². The van der Waals surface area contributed by atoms with Gasteiger partial charge in [-0.05, 0) is 61.5 Å². The van der Waals surface area contributed by atoms with Crippen molar-refractivity contribution in [1.82, 2.24) is 14.9 Å². The molecule has 5 nitrogen and oxygen atoms in total. The number of benzene rings is 1. The molecule has 1 N–H and O–H groups in total. The van der Waals surface area contributed by atoms with Crippen LogP contribution in [0.5, 0.6) is 0 Å². The Morgan fingerprint density at radius 2 is 2.00 bits per heavy atom. The van der Waals surface area contributed by atoms with Crippen LogP contribution in [0.1, 0.15) is 36.3 Å². The third-order valence-electron chi connectivity index (χ3n) is 5.80. The summed E-state index contributed by atoms with van der Waals surface area (Å²) in [5.74, 6) is -0.300. The normalized spacial score (nSPS) is 23.7. The molecule has 0 unspecified atom stereocenters. The van der Waals surface area contributed by atoms with Crippen molar-refractivity contribution in [2.24, 2.45) is 0 Å². The molecule has 0 amide bonds. The van der Waals surface area contributed by atoms with Gasteiger partial charge >= 0.3 is 0 Å². The molecule has 0 bridgehead atoms. The Morgan fingerprint density at radius 1 is 1.13 bits per heavy atom. The van der Waals surface area contributed by atoms with Gasteiger partial charge in [-0.25, -0.2) is 4.39 Å². The zero-order valence-electron chi connectivity index (χ0n) is 16.4. The van der Waals surface area contributed by atoms with Crippen molar-refractivity contribution in [1.29, 1.82) is 0 Å². The third-order valence-corrected chi connectivity index (χ3v) is 6.12. The Kier molecular flexibility index (Phi) is 5.23. The van der Waals surface area contributed by atoms with Crippen LogP contribution in [-0.2, 0) is 11.3 Å². The molecule has 2 aliphatic rings. The highest BCUT2D eigenvalue weighted by Crippen LogP contribution is 2.42. The highest BCUT2D eigenvalue weighted by atomic mass is 32.1. The fraction of sp³-hybridized carbons (Fsp3) is 0.304. The minimum atomic E-state index is -0.300. The summed E-state index contributed by atoms with van der Waals surface area (Å²) in [6, 6.07) is 16.3. The van der Waals surface area contributed by atoms with Crippen molar-refractivity contribution in [3.05, 3.63) is 84.2 Å². The Morgan fingerprint density at radius 3 is 2.77 bits per heavy atom. The summed E-state index contributed by atoms with van der Waals surface area (Å²) in [6.45, 7) is 1.58. The predicted octanol–water partition coefficient (Wildman–Crippen LogP) is 4.38. The van der Waals surface area contributed by atoms with Crippen molar-refractivity contribution < 1.29 is 9.13 Å². The topological polar surface area (TPSA) is 42.3 Å². The third kappa shape index (κ3) is 3.48. The fourth-order valence-corrected chi connectivity index (χ4v) is 4.77. The average Bonchev–Trinajstić information content (AvgIpc) is 3.50. The molecule has 2 saturated heterocycles. The van der Waals surface area contributed by atoms with Crippen LogP contribution in [0.4, 0.5) is 10.1 Å². The van der Waals surface area contributed by atoms with Crippen LogP contribution in [-0.4, -0.2) is 27.4 Å². The van der Waals surface area contributed by atoms with Crippen molar-refractivity contribution in [2.45, 2.75) is 37.6 Å². The summed E-state index contributed by atoms with van der Waals surface area (Å²) in [6.07, 6.45) is 6.18. The van der Waals surface area contributed by atoms with Crippen LogP contribution >= 0.6 is 12.2 Å². The summed E-state index contributed by atoms with van der Waals surface area (Å²) >= 11 is 5.68. The lowest BCUT2D eigenvalue weighted by molar-refractivity contribution is 0.0961. The van der Waals surface area contributed by atoms with Crippen molar-refractivity contribution in [2.75, 3.05) is 11.5 Å². The zero-order chi connectivity index (χ0) is 20.5. The molecule has 5 rings (SSSR count). The number of nitrogens with one attached hydrogen (secondary N) is 1. The van der Waals surface area contributed by atoms with E-state index in [1.54, 1.807) is 18.3 Å². The number of halogens is 1. The maximum absolute atomic E-state index is 14.8. The molecule has 2 aromatic heterocycles. The predicted molar refractivity (Wildman–Crippen MR) is 118 cm³/mol. The number of nitrogens with zero attached hydrogens (tertiary/aromatic N) is 3. The van der Waals surface area contributed by atoms with Gasteiger partial charge < -0.3 is 19.5 Å². The average molecular weight is 423 g/mol. The number of thiocarbonyl (C=S) groups is 1. The van der Waals surface area contributed by atoms with Gasteiger partial charge in [-0.15, -0.1) is 0 Å². The van der Waals surface area contributed by atoms with E-state index in [0.29, 0.717) is 10.8 Å². The van der Waals surface area contributed by atoms with E-state index >= 15 is 0 Å². The van der Waals surface area contributed by atoms with Crippen LogP contribution in [0, 0.1) is 5.82 Å². The van der Waals surface area contributed by atoms with Crippen molar-refractivity contribution >= 4 is 23.0 Å². The lowest BCUT2D eigenvalue weighted by Crippen LogP contribution is -2.31. The van der Waals surface area contributed by atoms with Crippen LogP contribution in [0.15, 0.2) is 67.0 Å². The number of pyridine rings is 1. The van der Waals surface area contributed by atoms with Crippen LogP contribution < -0.4 is 10.2 Å². The first-order valence-electron chi connectivity index (χ1n) is 10.2. The molecular weight excluding hydrogens is 399 g/mol. The maximum Gasteiger partial charge on any atom is 0.174 e. The molecule has 0 aliphatic carbocycles. The molecule has 0 spiro atoms. The standard InChI is InChI=1S/C23H23FN4OS/c24-17-8-1-2-10-19(17)28-22(21(26-23(28)30)18-9-3-4-12-25-18)20-11-5-13-27(20)15-16-7-6-14-29-16/h1-5,8-13,16,21-22H,6-7,14-15H2,(H,26,30)/t16-,21-,22+/m0/s1. The lowest BCUT2D eigenvalue weighted by Gasteiger charge is -2.29. The summed E-state index contributed by atoms with van der Waals surface area (Å²) < 4.78 is 22.9. The van der Waals surface area contributed by atoms with Gasteiger partial charge in [0.15, 0.2) is 5.11 Å². The summed E-state index contributed by atoms with van der Waals surface area (Å²) in [7, 11) is 0. The Hall–Kier alpha value is -2.77. The Balaban J connectivity index is 1.59. The lowest BCUT2D eigenvalue weighted by atomic mass is 10.0. The van der Waals surface area contributed by atoms with E-state index in [0.717, 1.165) is 37.4 Å². The van der Waals surface area contributed by atoms with Crippen molar-refractivity contribution in [3.8, 4) is 0 Å². The molecule has 3 atom stereocenters. The number of aromatic nitrogens is 2. The quantitative estimate of drug-likeness (QED) is 0.618. The molecule has 2 aliphatic heterocycles. The van der Waals surface area contributed by atoms with E-state index < -0.39 is 0 Å². The smallest absolute Gasteiger partial charge is 0.174 e. The number of hydrogen-bond acceptors (Lipinski definition) is 3. The molecule has 3 aromatic rings. The van der Waals surface area contributed by atoms with Gasteiger partial charge in [0, 0.05) is 31.2 Å². The molecular formula is C23H23FN4OS. The van der Waals surface area contributed by atoms with Crippen LogP contribution in [0.2, 0.25) is 0 Å². The number of ether oxygens (including phenoxy) is 1. The van der Waals surface area contributed by atoms with Gasteiger partial charge in [-0.1, -0.05) is 18.2 Å². The molecule has 7 heteroatoms. The second kappa shape index (κ2) is 8.16. The van der Waals surface area contributed by atoms with Gasteiger partial charge in [-0.2, -0.15) is 0 Å². The Bertz CT molecular complexity index is 1030. The summed E-state index contributed by atoms with van der Waals surface area (Å²) in [5.41, 5.74) is 2.38. The molecule has 154 valence electrons. The summed E-state index contributed by atoms with van der Waals surface area (Å²) in [4.78, 5) is 6.44. The fourth-order valence-electron chi connectivity index (χ4n) is 4.43. The monoisotopic (exact) mass is 422 g/mol. The van der Waals surface area contributed by atoms with Gasteiger partial charge in [-0.3, -0.25) is 4.98 Å². The van der Waals surface area contributed by atoms with Gasteiger partial charge in [0.2, 0.25) is 0 Å². The first-order chi connectivity index (χ1) is 14.7. The SMILES string of the molecule is Fc1ccccc1N1C(=S)N[C@@H](c2ccccn2)[C@H]1c1cccn1C[C@@H]1CCCO1. The van der Waals surface area contributed by atoms with Gasteiger partial charge in [0.05, 0.1) is 23.5 Å². The van der Waals surface area contributed by atoms with E-state index in [1.165, 1.54) is 6.07 Å². The Labute approximate surface area is 180 Å². The molecule has 4 heterocycles. The number of para-hydroxylation sites is 1. The maximum atomic E-state index is 14.8. The number of anilines is 1. The van der Waals surface area contributed by atoms with Crippen LogP contribution in [0.3, 0.4) is 0 Å². The highest BCUT2D eigenvalue weighted by molar-refractivity contribution is 7.80. The zero-order valence-corrected chi connectivity index (χ0v) is 17.3. The molecule has 1 aromatic carbocycles. The minimum Gasteiger partial charge on any atom is -0.376 e. The van der Waals surface area contributed by atoms with E-state index in [4.69, 9.17) is 17.0 Å². The second-order valence-electron chi connectivity index (χ2n) is 7.67. The van der Waals surface area contributed by atoms with E-state index in [1.807, 2.05) is 35.2 Å². The highest BCUT2D eigenvalue weighted by Gasteiger charge is 2.43.